The molecule has 1 N–H and O–H groups in total. The van der Waals surface area contributed by atoms with Crippen LogP contribution in [0.15, 0.2) is 24.3 Å². The van der Waals surface area contributed by atoms with E-state index >= 15 is 0 Å². The number of para-hydroxylation sites is 1. The molecule has 0 spiro atoms. The molecule has 0 aliphatic carbocycles. The van der Waals surface area contributed by atoms with Gasteiger partial charge in [-0.3, -0.25) is 4.90 Å². The summed E-state index contributed by atoms with van der Waals surface area (Å²) in [5.41, 5.74) is 1.93. The van der Waals surface area contributed by atoms with Crippen molar-refractivity contribution < 1.29 is 14.6 Å². The van der Waals surface area contributed by atoms with Crippen LogP contribution in [0.1, 0.15) is 18.9 Å². The third-order valence-electron chi connectivity index (χ3n) is 3.08. The Morgan fingerprint density at radius 2 is 2.24 bits per heavy atom. The lowest BCUT2D eigenvalue weighted by Crippen LogP contribution is -2.48. The molecule has 1 aromatic rings. The first-order valence-corrected chi connectivity index (χ1v) is 5.92. The van der Waals surface area contributed by atoms with Gasteiger partial charge in [0.15, 0.2) is 0 Å². The number of aryl methyl sites for hydroxylation is 1. The molecule has 92 valence electrons. The van der Waals surface area contributed by atoms with Gasteiger partial charge in [-0.2, -0.15) is 0 Å². The number of aliphatic hydroxyl groups is 1. The smallest absolute Gasteiger partial charge is 0.414 e. The summed E-state index contributed by atoms with van der Waals surface area (Å²) in [6.45, 7) is 2.39. The van der Waals surface area contributed by atoms with Crippen molar-refractivity contribution in [3.8, 4) is 0 Å². The first-order valence-electron chi connectivity index (χ1n) is 5.92. The zero-order valence-electron chi connectivity index (χ0n) is 9.93. The standard InChI is InChI=1S/C13H17NO3/c1-2-10-5-3-4-6-12(10)14-11(9-15)7-8-17-13(14)16/h3-6,11,15H,2,7-9H2,1H3. The maximum absolute atomic E-state index is 11.8. The molecule has 17 heavy (non-hydrogen) atoms. The van der Waals surface area contributed by atoms with Crippen LogP contribution in [-0.4, -0.2) is 30.5 Å². The van der Waals surface area contributed by atoms with Crippen molar-refractivity contribution in [1.82, 2.24) is 0 Å². The number of rotatable bonds is 3. The van der Waals surface area contributed by atoms with Crippen LogP contribution in [0.4, 0.5) is 10.5 Å². The van der Waals surface area contributed by atoms with Crippen molar-refractivity contribution in [3.63, 3.8) is 0 Å². The van der Waals surface area contributed by atoms with E-state index in [1.807, 2.05) is 31.2 Å². The molecule has 1 unspecified atom stereocenters. The average molecular weight is 235 g/mol. The number of nitrogens with zero attached hydrogens (tertiary/aromatic N) is 1. The number of cyclic esters (lactones) is 1. The fraction of sp³-hybridized carbons (Fsp3) is 0.462. The molecule has 1 aliphatic rings. The van der Waals surface area contributed by atoms with Gasteiger partial charge in [0, 0.05) is 6.42 Å². The maximum atomic E-state index is 11.8. The SMILES string of the molecule is CCc1ccccc1N1C(=O)OCCC1CO. The number of hydrogen-bond donors (Lipinski definition) is 1. The van der Waals surface area contributed by atoms with Crippen molar-refractivity contribution in [3.05, 3.63) is 29.8 Å². The lowest BCUT2D eigenvalue weighted by atomic mass is 10.1. The Balaban J connectivity index is 2.37. The van der Waals surface area contributed by atoms with Gasteiger partial charge in [0.05, 0.1) is 24.9 Å². The molecule has 2 rings (SSSR count). The van der Waals surface area contributed by atoms with E-state index in [0.717, 1.165) is 17.7 Å². The molecule has 1 fully saturated rings. The summed E-state index contributed by atoms with van der Waals surface area (Å²) >= 11 is 0. The second-order valence-corrected chi connectivity index (χ2v) is 4.09. The van der Waals surface area contributed by atoms with Crippen LogP contribution in [0.3, 0.4) is 0 Å². The van der Waals surface area contributed by atoms with Crippen LogP contribution in [-0.2, 0) is 11.2 Å². The monoisotopic (exact) mass is 235 g/mol. The highest BCUT2D eigenvalue weighted by molar-refractivity contribution is 5.90. The summed E-state index contributed by atoms with van der Waals surface area (Å²) in [6, 6.07) is 7.56. The van der Waals surface area contributed by atoms with Gasteiger partial charge in [0.1, 0.15) is 0 Å². The molecule has 1 amide bonds. The van der Waals surface area contributed by atoms with E-state index in [0.29, 0.717) is 13.0 Å². The molecule has 1 aromatic carbocycles. The molecule has 0 radical (unpaired) electrons. The van der Waals surface area contributed by atoms with Crippen molar-refractivity contribution >= 4 is 11.8 Å². The summed E-state index contributed by atoms with van der Waals surface area (Å²) in [5.74, 6) is 0. The van der Waals surface area contributed by atoms with Crippen molar-refractivity contribution in [2.75, 3.05) is 18.1 Å². The molecule has 4 nitrogen and oxygen atoms in total. The van der Waals surface area contributed by atoms with Gasteiger partial charge >= 0.3 is 6.09 Å². The van der Waals surface area contributed by atoms with Gasteiger partial charge in [-0.1, -0.05) is 25.1 Å². The molecule has 0 aromatic heterocycles. The van der Waals surface area contributed by atoms with Gasteiger partial charge in [-0.25, -0.2) is 4.79 Å². The highest BCUT2D eigenvalue weighted by Gasteiger charge is 2.31. The lowest BCUT2D eigenvalue weighted by Gasteiger charge is -2.34. The second kappa shape index (κ2) is 5.19. The summed E-state index contributed by atoms with van der Waals surface area (Å²) in [5, 5.41) is 9.35. The van der Waals surface area contributed by atoms with Crippen LogP contribution in [0.25, 0.3) is 0 Å². The van der Waals surface area contributed by atoms with Crippen LogP contribution >= 0.6 is 0 Å². The highest BCUT2D eigenvalue weighted by atomic mass is 16.6. The van der Waals surface area contributed by atoms with Crippen molar-refractivity contribution in [2.24, 2.45) is 0 Å². The maximum Gasteiger partial charge on any atom is 0.414 e. The van der Waals surface area contributed by atoms with E-state index in [9.17, 15) is 9.90 Å². The molecule has 0 saturated carbocycles. The number of hydrogen-bond acceptors (Lipinski definition) is 3. The van der Waals surface area contributed by atoms with E-state index in [2.05, 4.69) is 0 Å². The van der Waals surface area contributed by atoms with Crippen LogP contribution in [0, 0.1) is 0 Å². The number of carbonyl (C=O) groups is 1. The number of amides is 1. The normalized spacial score (nSPS) is 20.2. The Bertz CT molecular complexity index is 405. The van der Waals surface area contributed by atoms with Crippen LogP contribution in [0.2, 0.25) is 0 Å². The topological polar surface area (TPSA) is 49.8 Å². The van der Waals surface area contributed by atoms with Crippen LogP contribution < -0.4 is 4.90 Å². The average Bonchev–Trinajstić information content (AvgIpc) is 2.38. The summed E-state index contributed by atoms with van der Waals surface area (Å²) < 4.78 is 5.05. The second-order valence-electron chi connectivity index (χ2n) is 4.09. The summed E-state index contributed by atoms with van der Waals surface area (Å²) in [7, 11) is 0. The zero-order chi connectivity index (χ0) is 12.3. The van der Waals surface area contributed by atoms with E-state index in [1.165, 1.54) is 0 Å². The van der Waals surface area contributed by atoms with Gasteiger partial charge in [-0.05, 0) is 18.1 Å². The first-order chi connectivity index (χ1) is 8.27. The Morgan fingerprint density at radius 1 is 1.47 bits per heavy atom. The van der Waals surface area contributed by atoms with E-state index in [-0.39, 0.29) is 18.7 Å². The van der Waals surface area contributed by atoms with Gasteiger partial charge in [0.2, 0.25) is 0 Å². The highest BCUT2D eigenvalue weighted by Crippen LogP contribution is 2.27. The third kappa shape index (κ3) is 2.26. The molecular formula is C13H17NO3. The number of benzene rings is 1. The van der Waals surface area contributed by atoms with Crippen LogP contribution in [0.5, 0.6) is 0 Å². The van der Waals surface area contributed by atoms with E-state index in [4.69, 9.17) is 4.74 Å². The minimum absolute atomic E-state index is 0.0346. The number of ether oxygens (including phenoxy) is 1. The third-order valence-corrected chi connectivity index (χ3v) is 3.08. The largest absolute Gasteiger partial charge is 0.449 e. The molecule has 1 saturated heterocycles. The van der Waals surface area contributed by atoms with Gasteiger partial charge in [-0.15, -0.1) is 0 Å². The minimum Gasteiger partial charge on any atom is -0.449 e. The Hall–Kier alpha value is -1.55. The van der Waals surface area contributed by atoms with Gasteiger partial charge in [0.25, 0.3) is 0 Å². The zero-order valence-corrected chi connectivity index (χ0v) is 9.93. The number of aliphatic hydroxyl groups excluding tert-OH is 1. The molecule has 1 atom stereocenters. The Kier molecular flexibility index (Phi) is 3.64. The molecular weight excluding hydrogens is 218 g/mol. The summed E-state index contributed by atoms with van der Waals surface area (Å²) in [4.78, 5) is 13.4. The summed E-state index contributed by atoms with van der Waals surface area (Å²) in [6.07, 6.45) is 1.15. The van der Waals surface area contributed by atoms with E-state index in [1.54, 1.807) is 4.90 Å². The Labute approximate surface area is 101 Å². The number of anilines is 1. The van der Waals surface area contributed by atoms with Crippen molar-refractivity contribution in [1.29, 1.82) is 0 Å². The predicted octanol–water partition coefficient (Wildman–Crippen LogP) is 1.96. The first kappa shape index (κ1) is 11.9. The molecule has 1 aliphatic heterocycles. The number of carbonyl (C=O) groups excluding carboxylic acids is 1. The molecule has 1 heterocycles. The Morgan fingerprint density at radius 3 is 2.94 bits per heavy atom. The lowest BCUT2D eigenvalue weighted by molar-refractivity contribution is 0.115. The molecule has 0 bridgehead atoms. The quantitative estimate of drug-likeness (QED) is 0.871. The van der Waals surface area contributed by atoms with Crippen molar-refractivity contribution in [2.45, 2.75) is 25.8 Å². The fourth-order valence-electron chi connectivity index (χ4n) is 2.14. The van der Waals surface area contributed by atoms with Gasteiger partial charge < -0.3 is 9.84 Å². The predicted molar refractivity (Wildman–Crippen MR) is 65.1 cm³/mol. The van der Waals surface area contributed by atoms with E-state index < -0.39 is 0 Å². The minimum atomic E-state index is -0.365. The molecule has 4 heteroatoms. The fourth-order valence-corrected chi connectivity index (χ4v) is 2.14.